The van der Waals surface area contributed by atoms with Crippen LogP contribution in [-0.4, -0.2) is 30.4 Å². The van der Waals surface area contributed by atoms with E-state index in [2.05, 4.69) is 0 Å². The van der Waals surface area contributed by atoms with Crippen LogP contribution in [0.4, 0.5) is 0 Å². The predicted octanol–water partition coefficient (Wildman–Crippen LogP) is 3.20. The van der Waals surface area contributed by atoms with E-state index in [-0.39, 0.29) is 0 Å². The standard InChI is InChI=1S/C19H22O5/c1-13(20)14(2)24-18-10-16(19(21)22-3)9-17(11-18)23-12-15-7-5-4-6-8-15/h4-11,13-14,20H,12H2,1-3H3. The zero-order valence-electron chi connectivity index (χ0n) is 14.1. The van der Waals surface area contributed by atoms with Gasteiger partial charge >= 0.3 is 5.97 Å². The van der Waals surface area contributed by atoms with Gasteiger partial charge in [0.15, 0.2) is 0 Å². The van der Waals surface area contributed by atoms with Crippen molar-refractivity contribution in [3.63, 3.8) is 0 Å². The van der Waals surface area contributed by atoms with E-state index in [0.29, 0.717) is 23.7 Å². The SMILES string of the molecule is COC(=O)c1cc(OCc2ccccc2)cc(OC(C)C(C)O)c1. The largest absolute Gasteiger partial charge is 0.489 e. The fraction of sp³-hybridized carbons (Fsp3) is 0.316. The van der Waals surface area contributed by atoms with Crippen LogP contribution in [0, 0.1) is 0 Å². The van der Waals surface area contributed by atoms with Gasteiger partial charge in [0.2, 0.25) is 0 Å². The molecular weight excluding hydrogens is 308 g/mol. The molecule has 2 rings (SSSR count). The number of carbonyl (C=O) groups excluding carboxylic acids is 1. The summed E-state index contributed by atoms with van der Waals surface area (Å²) in [6.07, 6.45) is -1.06. The highest BCUT2D eigenvalue weighted by Crippen LogP contribution is 2.25. The van der Waals surface area contributed by atoms with Crippen molar-refractivity contribution in [2.24, 2.45) is 0 Å². The first-order valence-electron chi connectivity index (χ1n) is 7.74. The van der Waals surface area contributed by atoms with Gasteiger partial charge in [-0.1, -0.05) is 30.3 Å². The number of carbonyl (C=O) groups is 1. The van der Waals surface area contributed by atoms with Gasteiger partial charge in [0.25, 0.3) is 0 Å². The molecule has 5 heteroatoms. The Morgan fingerprint density at radius 3 is 2.38 bits per heavy atom. The van der Waals surface area contributed by atoms with E-state index < -0.39 is 18.2 Å². The van der Waals surface area contributed by atoms with Gasteiger partial charge in [-0.05, 0) is 31.5 Å². The van der Waals surface area contributed by atoms with Crippen LogP contribution in [0.5, 0.6) is 11.5 Å². The first-order valence-corrected chi connectivity index (χ1v) is 7.74. The number of hydrogen-bond acceptors (Lipinski definition) is 5. The van der Waals surface area contributed by atoms with Gasteiger partial charge < -0.3 is 19.3 Å². The molecule has 0 saturated heterocycles. The lowest BCUT2D eigenvalue weighted by Gasteiger charge is -2.18. The molecule has 128 valence electrons. The van der Waals surface area contributed by atoms with Crippen molar-refractivity contribution in [1.82, 2.24) is 0 Å². The Morgan fingerprint density at radius 1 is 1.08 bits per heavy atom. The van der Waals surface area contributed by atoms with Gasteiger partial charge in [-0.15, -0.1) is 0 Å². The molecule has 2 unspecified atom stereocenters. The molecule has 2 aromatic carbocycles. The summed E-state index contributed by atoms with van der Waals surface area (Å²) in [6, 6.07) is 14.6. The molecule has 0 amide bonds. The second-order valence-electron chi connectivity index (χ2n) is 5.52. The molecule has 24 heavy (non-hydrogen) atoms. The van der Waals surface area contributed by atoms with Crippen LogP contribution < -0.4 is 9.47 Å². The molecule has 1 N–H and O–H groups in total. The fourth-order valence-electron chi connectivity index (χ4n) is 2.01. The molecule has 2 aromatic rings. The second kappa shape index (κ2) is 8.36. The summed E-state index contributed by atoms with van der Waals surface area (Å²) < 4.78 is 16.2. The van der Waals surface area contributed by atoms with Crippen LogP contribution in [0.2, 0.25) is 0 Å². The molecule has 0 saturated carbocycles. The zero-order valence-corrected chi connectivity index (χ0v) is 14.1. The summed E-state index contributed by atoms with van der Waals surface area (Å²) in [4.78, 5) is 11.8. The summed E-state index contributed by atoms with van der Waals surface area (Å²) in [7, 11) is 1.32. The van der Waals surface area contributed by atoms with E-state index in [1.54, 1.807) is 32.0 Å². The lowest BCUT2D eigenvalue weighted by atomic mass is 10.2. The summed E-state index contributed by atoms with van der Waals surface area (Å²) in [6.45, 7) is 3.76. The first-order chi connectivity index (χ1) is 11.5. The summed E-state index contributed by atoms with van der Waals surface area (Å²) in [5, 5.41) is 9.58. The van der Waals surface area contributed by atoms with Gasteiger partial charge in [-0.3, -0.25) is 0 Å². The second-order valence-corrected chi connectivity index (χ2v) is 5.52. The molecule has 0 radical (unpaired) electrons. The van der Waals surface area contributed by atoms with Crippen molar-refractivity contribution in [2.75, 3.05) is 7.11 Å². The number of aliphatic hydroxyl groups excluding tert-OH is 1. The third-order valence-corrected chi connectivity index (χ3v) is 3.55. The number of hydrogen-bond donors (Lipinski definition) is 1. The Balaban J connectivity index is 2.20. The fourth-order valence-corrected chi connectivity index (χ4v) is 2.01. The number of rotatable bonds is 7. The van der Waals surface area contributed by atoms with E-state index in [0.717, 1.165) is 5.56 Å². The average molecular weight is 330 g/mol. The molecular formula is C19H22O5. The highest BCUT2D eigenvalue weighted by atomic mass is 16.5. The van der Waals surface area contributed by atoms with Crippen molar-refractivity contribution in [1.29, 1.82) is 0 Å². The summed E-state index contributed by atoms with van der Waals surface area (Å²) in [5.74, 6) is 0.457. The van der Waals surface area contributed by atoms with E-state index in [1.165, 1.54) is 7.11 Å². The topological polar surface area (TPSA) is 65.0 Å². The molecule has 0 aliphatic carbocycles. The Bertz CT molecular complexity index is 667. The molecule has 0 heterocycles. The van der Waals surface area contributed by atoms with Crippen molar-refractivity contribution in [2.45, 2.75) is 32.7 Å². The molecule has 5 nitrogen and oxygen atoms in total. The minimum Gasteiger partial charge on any atom is -0.489 e. The number of ether oxygens (including phenoxy) is 3. The Kier molecular flexibility index (Phi) is 6.21. The number of methoxy groups -OCH3 is 1. The maximum Gasteiger partial charge on any atom is 0.338 e. The van der Waals surface area contributed by atoms with Crippen LogP contribution in [0.1, 0.15) is 29.8 Å². The van der Waals surface area contributed by atoms with Gasteiger partial charge in [0.1, 0.15) is 24.2 Å². The minimum atomic E-state index is -0.638. The Hall–Kier alpha value is -2.53. The van der Waals surface area contributed by atoms with Gasteiger partial charge in [-0.2, -0.15) is 0 Å². The van der Waals surface area contributed by atoms with Crippen molar-refractivity contribution in [3.05, 3.63) is 59.7 Å². The summed E-state index contributed by atoms with van der Waals surface area (Å²) in [5.41, 5.74) is 1.34. The molecule has 2 atom stereocenters. The molecule has 0 aromatic heterocycles. The van der Waals surface area contributed by atoms with E-state index in [4.69, 9.17) is 14.2 Å². The van der Waals surface area contributed by atoms with Gasteiger partial charge in [0.05, 0.1) is 18.8 Å². The molecule has 0 aliphatic heterocycles. The molecule has 0 bridgehead atoms. The van der Waals surface area contributed by atoms with E-state index in [9.17, 15) is 9.90 Å². The molecule has 0 spiro atoms. The number of esters is 1. The normalized spacial score (nSPS) is 13.0. The third-order valence-electron chi connectivity index (χ3n) is 3.55. The van der Waals surface area contributed by atoms with Crippen LogP contribution in [0.25, 0.3) is 0 Å². The van der Waals surface area contributed by atoms with Crippen molar-refractivity contribution < 1.29 is 24.1 Å². The quantitative estimate of drug-likeness (QED) is 0.790. The lowest BCUT2D eigenvalue weighted by Crippen LogP contribution is -2.25. The average Bonchev–Trinajstić information content (AvgIpc) is 2.59. The smallest absolute Gasteiger partial charge is 0.338 e. The van der Waals surface area contributed by atoms with Crippen LogP contribution in [0.3, 0.4) is 0 Å². The monoisotopic (exact) mass is 330 g/mol. The highest BCUT2D eigenvalue weighted by molar-refractivity contribution is 5.90. The molecule has 0 aliphatic rings. The van der Waals surface area contributed by atoms with Gasteiger partial charge in [-0.25, -0.2) is 4.79 Å². The minimum absolute atomic E-state index is 0.329. The third kappa shape index (κ3) is 4.99. The van der Waals surface area contributed by atoms with Crippen LogP contribution in [-0.2, 0) is 11.3 Å². The Labute approximate surface area is 141 Å². The van der Waals surface area contributed by atoms with Crippen molar-refractivity contribution >= 4 is 5.97 Å². The Morgan fingerprint density at radius 2 is 1.75 bits per heavy atom. The van der Waals surface area contributed by atoms with Crippen LogP contribution in [0.15, 0.2) is 48.5 Å². The van der Waals surface area contributed by atoms with Gasteiger partial charge in [0, 0.05) is 6.07 Å². The molecule has 0 fully saturated rings. The van der Waals surface area contributed by atoms with E-state index >= 15 is 0 Å². The number of aliphatic hydroxyl groups is 1. The van der Waals surface area contributed by atoms with E-state index in [1.807, 2.05) is 30.3 Å². The zero-order chi connectivity index (χ0) is 17.5. The predicted molar refractivity (Wildman–Crippen MR) is 90.3 cm³/mol. The number of benzene rings is 2. The van der Waals surface area contributed by atoms with Crippen molar-refractivity contribution in [3.8, 4) is 11.5 Å². The summed E-state index contributed by atoms with van der Waals surface area (Å²) >= 11 is 0. The maximum absolute atomic E-state index is 11.8. The maximum atomic E-state index is 11.8. The van der Waals surface area contributed by atoms with Crippen LogP contribution >= 0.6 is 0 Å². The highest BCUT2D eigenvalue weighted by Gasteiger charge is 2.15. The first kappa shape index (κ1) is 17.8. The lowest BCUT2D eigenvalue weighted by molar-refractivity contribution is 0.0579.